The molecule has 0 aliphatic heterocycles. The summed E-state index contributed by atoms with van der Waals surface area (Å²) in [6.07, 6.45) is 2.61. The Bertz CT molecular complexity index is 1250. The van der Waals surface area contributed by atoms with Crippen LogP contribution in [0.25, 0.3) is 16.7 Å². The first-order valence-electron chi connectivity index (χ1n) is 8.83. The highest BCUT2D eigenvalue weighted by molar-refractivity contribution is 7.99. The zero-order valence-electron chi connectivity index (χ0n) is 15.4. The van der Waals surface area contributed by atoms with E-state index in [0.717, 1.165) is 15.3 Å². The molecule has 7 nitrogen and oxygen atoms in total. The van der Waals surface area contributed by atoms with Crippen molar-refractivity contribution in [2.45, 2.75) is 11.8 Å². The smallest absolute Gasteiger partial charge is 0.267 e. The van der Waals surface area contributed by atoms with Gasteiger partial charge in [-0.3, -0.25) is 15.0 Å². The van der Waals surface area contributed by atoms with Gasteiger partial charge in [-0.1, -0.05) is 19.1 Å². The number of hydrogen-bond donors (Lipinski definition) is 1. The number of rotatable bonds is 5. The van der Waals surface area contributed by atoms with E-state index in [9.17, 15) is 14.0 Å². The topological polar surface area (TPSA) is 81.8 Å². The summed E-state index contributed by atoms with van der Waals surface area (Å²) in [4.78, 5) is 30.6. The lowest BCUT2D eigenvalue weighted by atomic mass is 10.2. The molecular formula is C20H16FN5O2S. The number of nitrogens with zero attached hydrogens (tertiary/aromatic N) is 4. The Morgan fingerprint density at radius 3 is 2.69 bits per heavy atom. The Morgan fingerprint density at radius 2 is 1.93 bits per heavy atom. The fourth-order valence-electron chi connectivity index (χ4n) is 2.87. The molecule has 146 valence electrons. The number of thioether (sulfide) groups is 1. The van der Waals surface area contributed by atoms with E-state index in [1.54, 1.807) is 36.0 Å². The van der Waals surface area contributed by atoms with Crippen LogP contribution in [-0.4, -0.2) is 31.1 Å². The highest BCUT2D eigenvalue weighted by atomic mass is 32.2. The third kappa shape index (κ3) is 3.64. The molecule has 0 spiro atoms. The highest BCUT2D eigenvalue weighted by Gasteiger charge is 2.15. The molecule has 9 heteroatoms. The van der Waals surface area contributed by atoms with Crippen molar-refractivity contribution in [3.05, 3.63) is 82.8 Å². The van der Waals surface area contributed by atoms with E-state index in [1.165, 1.54) is 29.3 Å². The van der Waals surface area contributed by atoms with Crippen molar-refractivity contribution in [1.29, 1.82) is 0 Å². The lowest BCUT2D eigenvalue weighted by molar-refractivity contribution is 0.100. The SMILES string of the molecule is CCSc1ccccc1C(=O)Nn1cnc2c(cnn2-c2ccc(F)cc2)c1=O. The molecule has 0 aliphatic rings. The molecule has 0 bridgehead atoms. The predicted molar refractivity (Wildman–Crippen MR) is 110 cm³/mol. The number of amides is 1. The number of fused-ring (bicyclic) bond motifs is 1. The summed E-state index contributed by atoms with van der Waals surface area (Å²) >= 11 is 1.55. The summed E-state index contributed by atoms with van der Waals surface area (Å²) in [5.74, 6) is 0.0424. The average molecular weight is 409 g/mol. The molecule has 29 heavy (non-hydrogen) atoms. The zero-order valence-corrected chi connectivity index (χ0v) is 16.2. The van der Waals surface area contributed by atoms with Gasteiger partial charge in [-0.05, 0) is 42.2 Å². The maximum Gasteiger partial charge on any atom is 0.283 e. The van der Waals surface area contributed by atoms with Gasteiger partial charge in [0.1, 0.15) is 17.5 Å². The van der Waals surface area contributed by atoms with Crippen LogP contribution in [0.1, 0.15) is 17.3 Å². The van der Waals surface area contributed by atoms with Gasteiger partial charge in [0.2, 0.25) is 0 Å². The van der Waals surface area contributed by atoms with Gasteiger partial charge in [0.15, 0.2) is 5.65 Å². The number of carbonyl (C=O) groups excluding carboxylic acids is 1. The number of halogens is 1. The van der Waals surface area contributed by atoms with E-state index in [2.05, 4.69) is 15.5 Å². The Labute approximate surface area is 169 Å². The first-order chi connectivity index (χ1) is 14.1. The first kappa shape index (κ1) is 18.9. The minimum absolute atomic E-state index is 0.230. The molecule has 1 N–H and O–H groups in total. The number of aromatic nitrogens is 4. The molecule has 2 heterocycles. The van der Waals surface area contributed by atoms with Crippen LogP contribution >= 0.6 is 11.8 Å². The molecule has 0 unspecified atom stereocenters. The van der Waals surface area contributed by atoms with Crippen molar-refractivity contribution < 1.29 is 9.18 Å². The summed E-state index contributed by atoms with van der Waals surface area (Å²) in [5, 5.41) is 4.41. The molecule has 0 radical (unpaired) electrons. The summed E-state index contributed by atoms with van der Waals surface area (Å²) in [7, 11) is 0. The van der Waals surface area contributed by atoms with E-state index < -0.39 is 11.5 Å². The lowest BCUT2D eigenvalue weighted by Crippen LogP contribution is -2.33. The van der Waals surface area contributed by atoms with E-state index >= 15 is 0 Å². The second kappa shape index (κ2) is 7.88. The molecule has 2 aromatic heterocycles. The van der Waals surface area contributed by atoms with E-state index in [-0.39, 0.29) is 11.2 Å². The average Bonchev–Trinajstić information content (AvgIpc) is 3.16. The van der Waals surface area contributed by atoms with Crippen molar-refractivity contribution in [2.24, 2.45) is 0 Å². The van der Waals surface area contributed by atoms with Gasteiger partial charge in [0, 0.05) is 4.90 Å². The predicted octanol–water partition coefficient (Wildman–Crippen LogP) is 3.22. The zero-order chi connectivity index (χ0) is 20.4. The van der Waals surface area contributed by atoms with Gasteiger partial charge < -0.3 is 0 Å². The van der Waals surface area contributed by atoms with Gasteiger partial charge in [-0.25, -0.2) is 18.7 Å². The fourth-order valence-corrected chi connectivity index (χ4v) is 3.67. The third-order valence-corrected chi connectivity index (χ3v) is 5.17. The first-order valence-corrected chi connectivity index (χ1v) is 9.81. The quantitative estimate of drug-likeness (QED) is 0.512. The molecule has 0 atom stereocenters. The van der Waals surface area contributed by atoms with Gasteiger partial charge in [0.25, 0.3) is 11.5 Å². The van der Waals surface area contributed by atoms with Crippen LogP contribution in [0.3, 0.4) is 0 Å². The minimum atomic E-state index is -0.461. The van der Waals surface area contributed by atoms with Crippen LogP contribution in [0.5, 0.6) is 0 Å². The monoisotopic (exact) mass is 409 g/mol. The summed E-state index contributed by atoms with van der Waals surface area (Å²) < 4.78 is 15.6. The second-order valence-corrected chi connectivity index (χ2v) is 7.37. The Kier molecular flexibility index (Phi) is 5.13. The molecular weight excluding hydrogens is 393 g/mol. The van der Waals surface area contributed by atoms with Crippen LogP contribution in [-0.2, 0) is 0 Å². The standard InChI is InChI=1S/C20H16FN5O2S/c1-2-29-17-6-4-3-5-15(17)19(27)24-25-12-22-18-16(20(25)28)11-23-26(18)14-9-7-13(21)8-10-14/h3-12H,2H2,1H3,(H,24,27). The van der Waals surface area contributed by atoms with Crippen LogP contribution in [0.4, 0.5) is 4.39 Å². The molecule has 4 aromatic rings. The Morgan fingerprint density at radius 1 is 1.17 bits per heavy atom. The molecule has 4 rings (SSSR count). The Balaban J connectivity index is 1.68. The summed E-state index contributed by atoms with van der Waals surface area (Å²) in [6, 6.07) is 12.9. The fraction of sp³-hybridized carbons (Fsp3) is 0.100. The van der Waals surface area contributed by atoms with Gasteiger partial charge in [-0.2, -0.15) is 5.10 Å². The van der Waals surface area contributed by atoms with Crippen molar-refractivity contribution in [1.82, 2.24) is 19.4 Å². The van der Waals surface area contributed by atoms with Crippen molar-refractivity contribution in [2.75, 3.05) is 11.2 Å². The maximum atomic E-state index is 13.2. The van der Waals surface area contributed by atoms with Crippen LogP contribution < -0.4 is 11.0 Å². The third-order valence-electron chi connectivity index (χ3n) is 4.21. The molecule has 0 saturated carbocycles. The molecule has 2 aromatic carbocycles. The number of hydrogen-bond acceptors (Lipinski definition) is 5. The van der Waals surface area contributed by atoms with Crippen molar-refractivity contribution in [3.8, 4) is 5.69 Å². The number of nitrogens with one attached hydrogen (secondary N) is 1. The normalized spacial score (nSPS) is 11.0. The van der Waals surface area contributed by atoms with Gasteiger partial charge in [0.05, 0.1) is 17.4 Å². The van der Waals surface area contributed by atoms with E-state index in [0.29, 0.717) is 16.9 Å². The van der Waals surface area contributed by atoms with E-state index in [4.69, 9.17) is 0 Å². The van der Waals surface area contributed by atoms with Crippen molar-refractivity contribution in [3.63, 3.8) is 0 Å². The van der Waals surface area contributed by atoms with Crippen LogP contribution in [0, 0.1) is 5.82 Å². The highest BCUT2D eigenvalue weighted by Crippen LogP contribution is 2.22. The largest absolute Gasteiger partial charge is 0.283 e. The summed E-state index contributed by atoms with van der Waals surface area (Å²) in [6.45, 7) is 2.00. The molecule has 0 saturated heterocycles. The van der Waals surface area contributed by atoms with Gasteiger partial charge >= 0.3 is 0 Å². The summed E-state index contributed by atoms with van der Waals surface area (Å²) in [5.41, 5.74) is 3.48. The second-order valence-electron chi connectivity index (χ2n) is 6.06. The Hall–Kier alpha value is -3.46. The lowest BCUT2D eigenvalue weighted by Gasteiger charge is -2.10. The number of benzene rings is 2. The van der Waals surface area contributed by atoms with Gasteiger partial charge in [-0.15, -0.1) is 11.8 Å². The van der Waals surface area contributed by atoms with E-state index in [1.807, 2.05) is 19.1 Å². The minimum Gasteiger partial charge on any atom is -0.267 e. The maximum absolute atomic E-state index is 13.2. The number of carbonyl (C=O) groups is 1. The van der Waals surface area contributed by atoms with Crippen LogP contribution in [0.2, 0.25) is 0 Å². The molecule has 1 amide bonds. The van der Waals surface area contributed by atoms with Crippen molar-refractivity contribution >= 4 is 28.7 Å². The molecule has 0 fully saturated rings. The van der Waals surface area contributed by atoms with Crippen LogP contribution in [0.15, 0.2) is 70.7 Å². The molecule has 0 aliphatic carbocycles.